The predicted molar refractivity (Wildman–Crippen MR) is 77.4 cm³/mol. The van der Waals surface area contributed by atoms with Crippen molar-refractivity contribution in [3.63, 3.8) is 0 Å². The molecule has 20 heavy (non-hydrogen) atoms. The second-order valence-electron chi connectivity index (χ2n) is 4.58. The highest BCUT2D eigenvalue weighted by Crippen LogP contribution is 2.17. The number of nitrogens with zero attached hydrogens (tertiary/aromatic N) is 3. The SMILES string of the molecule is C=CC1CC=CCC1.Cc1ncc([N+](=O)[O-])n1CCO. The largest absolute Gasteiger partial charge is 0.392 e. The number of aryl methyl sites for hydroxylation is 1. The van der Waals surface area contributed by atoms with Gasteiger partial charge < -0.3 is 15.2 Å². The number of aromatic nitrogens is 2. The molecule has 0 saturated carbocycles. The molecule has 1 aromatic rings. The first-order chi connectivity index (χ1) is 9.60. The first kappa shape index (κ1) is 16.1. The Morgan fingerprint density at radius 3 is 2.85 bits per heavy atom. The van der Waals surface area contributed by atoms with Crippen LogP contribution in [0, 0.1) is 23.0 Å². The zero-order valence-corrected chi connectivity index (χ0v) is 11.7. The smallest absolute Gasteiger partial charge is 0.342 e. The number of rotatable bonds is 4. The maximum Gasteiger partial charge on any atom is 0.342 e. The van der Waals surface area contributed by atoms with Crippen molar-refractivity contribution in [2.24, 2.45) is 5.92 Å². The van der Waals surface area contributed by atoms with Crippen molar-refractivity contribution in [3.05, 3.63) is 46.9 Å². The van der Waals surface area contributed by atoms with Crippen molar-refractivity contribution in [1.29, 1.82) is 0 Å². The van der Waals surface area contributed by atoms with E-state index >= 15 is 0 Å². The molecule has 2 rings (SSSR count). The minimum Gasteiger partial charge on any atom is -0.392 e. The molecule has 110 valence electrons. The Morgan fingerprint density at radius 2 is 2.40 bits per heavy atom. The van der Waals surface area contributed by atoms with Gasteiger partial charge in [0.15, 0.2) is 5.82 Å². The topological polar surface area (TPSA) is 81.2 Å². The highest BCUT2D eigenvalue weighted by atomic mass is 16.6. The highest BCUT2D eigenvalue weighted by Gasteiger charge is 2.15. The van der Waals surface area contributed by atoms with Crippen LogP contribution in [-0.2, 0) is 6.54 Å². The monoisotopic (exact) mass is 279 g/mol. The molecule has 0 radical (unpaired) electrons. The summed E-state index contributed by atoms with van der Waals surface area (Å²) in [7, 11) is 0. The van der Waals surface area contributed by atoms with E-state index in [9.17, 15) is 10.1 Å². The normalized spacial score (nSPS) is 17.2. The summed E-state index contributed by atoms with van der Waals surface area (Å²) in [5.74, 6) is 1.22. The van der Waals surface area contributed by atoms with Crippen LogP contribution in [0.2, 0.25) is 0 Å². The van der Waals surface area contributed by atoms with Gasteiger partial charge in [0, 0.05) is 6.92 Å². The molecular formula is C14H21N3O3. The van der Waals surface area contributed by atoms with E-state index in [4.69, 9.17) is 5.11 Å². The van der Waals surface area contributed by atoms with Gasteiger partial charge in [-0.1, -0.05) is 18.2 Å². The Hall–Kier alpha value is -1.95. The van der Waals surface area contributed by atoms with Crippen molar-refractivity contribution in [2.45, 2.75) is 32.7 Å². The molecule has 0 saturated heterocycles. The number of aliphatic hydroxyl groups excluding tert-OH is 1. The second kappa shape index (κ2) is 8.27. The summed E-state index contributed by atoms with van der Waals surface area (Å²) in [6.45, 7) is 5.49. The maximum absolute atomic E-state index is 10.4. The molecule has 1 atom stereocenters. The summed E-state index contributed by atoms with van der Waals surface area (Å²) in [5, 5.41) is 19.0. The van der Waals surface area contributed by atoms with Gasteiger partial charge in [0.25, 0.3) is 0 Å². The van der Waals surface area contributed by atoms with Crippen LogP contribution in [0.25, 0.3) is 0 Å². The lowest BCUT2D eigenvalue weighted by atomic mass is 9.95. The van der Waals surface area contributed by atoms with E-state index in [1.807, 2.05) is 0 Å². The number of imidazole rings is 1. The number of aliphatic hydroxyl groups is 1. The van der Waals surface area contributed by atoms with Crippen LogP contribution in [0.3, 0.4) is 0 Å². The van der Waals surface area contributed by atoms with Gasteiger partial charge in [-0.15, -0.1) is 6.58 Å². The highest BCUT2D eigenvalue weighted by molar-refractivity contribution is 5.18. The summed E-state index contributed by atoms with van der Waals surface area (Å²) < 4.78 is 1.36. The molecule has 1 heterocycles. The fraction of sp³-hybridized carbons (Fsp3) is 0.500. The van der Waals surface area contributed by atoms with Crippen molar-refractivity contribution in [3.8, 4) is 0 Å². The van der Waals surface area contributed by atoms with Gasteiger partial charge in [0.2, 0.25) is 0 Å². The van der Waals surface area contributed by atoms with Gasteiger partial charge >= 0.3 is 5.82 Å². The zero-order valence-electron chi connectivity index (χ0n) is 11.7. The Balaban J connectivity index is 0.000000217. The third-order valence-corrected chi connectivity index (χ3v) is 3.19. The fourth-order valence-corrected chi connectivity index (χ4v) is 2.01. The first-order valence-electron chi connectivity index (χ1n) is 6.65. The Morgan fingerprint density at radius 1 is 1.65 bits per heavy atom. The standard InChI is InChI=1S/C8H12.C6H9N3O3/c1-2-8-6-4-3-5-7-8;1-5-7-4-6(9(11)12)8(5)2-3-10/h2-4,8H,1,5-7H2;4,10H,2-3H2,1H3. The fourth-order valence-electron chi connectivity index (χ4n) is 2.01. The van der Waals surface area contributed by atoms with Crippen molar-refractivity contribution >= 4 is 5.82 Å². The lowest BCUT2D eigenvalue weighted by Crippen LogP contribution is -2.07. The molecule has 1 N–H and O–H groups in total. The van der Waals surface area contributed by atoms with Gasteiger partial charge in [0.1, 0.15) is 12.7 Å². The van der Waals surface area contributed by atoms with E-state index < -0.39 is 4.92 Å². The number of hydrogen-bond acceptors (Lipinski definition) is 4. The van der Waals surface area contributed by atoms with Crippen LogP contribution in [0.5, 0.6) is 0 Å². The van der Waals surface area contributed by atoms with Crippen LogP contribution in [0.15, 0.2) is 31.0 Å². The molecule has 6 heteroatoms. The third-order valence-electron chi connectivity index (χ3n) is 3.19. The predicted octanol–water partition coefficient (Wildman–Crippen LogP) is 2.62. The Bertz CT molecular complexity index is 480. The van der Waals surface area contributed by atoms with Crippen LogP contribution in [0.4, 0.5) is 5.82 Å². The van der Waals surface area contributed by atoms with Gasteiger partial charge in [-0.2, -0.15) is 0 Å². The van der Waals surface area contributed by atoms with E-state index in [-0.39, 0.29) is 19.0 Å². The van der Waals surface area contributed by atoms with Gasteiger partial charge in [-0.25, -0.2) is 9.55 Å². The lowest BCUT2D eigenvalue weighted by molar-refractivity contribution is -0.392. The van der Waals surface area contributed by atoms with Crippen LogP contribution < -0.4 is 0 Å². The van der Waals surface area contributed by atoms with Crippen LogP contribution in [0.1, 0.15) is 25.1 Å². The lowest BCUT2D eigenvalue weighted by Gasteiger charge is -2.11. The van der Waals surface area contributed by atoms with E-state index in [0.717, 1.165) is 5.92 Å². The van der Waals surface area contributed by atoms with Gasteiger partial charge in [-0.05, 0) is 30.1 Å². The quantitative estimate of drug-likeness (QED) is 0.522. The molecule has 6 nitrogen and oxygen atoms in total. The van der Waals surface area contributed by atoms with Crippen LogP contribution in [-0.4, -0.2) is 26.2 Å². The molecular weight excluding hydrogens is 258 g/mol. The van der Waals surface area contributed by atoms with Crippen LogP contribution >= 0.6 is 0 Å². The number of nitro groups is 1. The van der Waals surface area contributed by atoms with Gasteiger partial charge in [0.05, 0.1) is 6.61 Å². The summed E-state index contributed by atoms with van der Waals surface area (Å²) >= 11 is 0. The summed E-state index contributed by atoms with van der Waals surface area (Å²) in [4.78, 5) is 13.6. The average Bonchev–Trinajstić information content (AvgIpc) is 2.83. The molecule has 0 spiro atoms. The second-order valence-corrected chi connectivity index (χ2v) is 4.58. The summed E-state index contributed by atoms with van der Waals surface area (Å²) in [5.41, 5.74) is 0. The zero-order chi connectivity index (χ0) is 15.0. The minimum absolute atomic E-state index is 0.0819. The molecule has 0 aliphatic heterocycles. The molecule has 0 fully saturated rings. The molecule has 1 unspecified atom stereocenters. The molecule has 1 aromatic heterocycles. The Kier molecular flexibility index (Phi) is 6.66. The maximum atomic E-state index is 10.4. The van der Waals surface area contributed by atoms with E-state index in [0.29, 0.717) is 5.82 Å². The van der Waals surface area contributed by atoms with Crippen molar-refractivity contribution in [2.75, 3.05) is 6.61 Å². The van der Waals surface area contributed by atoms with E-state index in [1.165, 1.54) is 30.0 Å². The average molecular weight is 279 g/mol. The molecule has 0 bridgehead atoms. The molecule has 1 aliphatic rings. The third kappa shape index (κ3) is 4.62. The van der Waals surface area contributed by atoms with E-state index in [1.54, 1.807) is 6.92 Å². The molecule has 1 aliphatic carbocycles. The first-order valence-corrected chi connectivity index (χ1v) is 6.65. The van der Waals surface area contributed by atoms with E-state index in [2.05, 4.69) is 29.8 Å². The number of hydrogen-bond donors (Lipinski definition) is 1. The Labute approximate surface area is 118 Å². The molecule has 0 aromatic carbocycles. The summed E-state index contributed by atoms with van der Waals surface area (Å²) in [6.07, 6.45) is 11.5. The summed E-state index contributed by atoms with van der Waals surface area (Å²) in [6, 6.07) is 0. The van der Waals surface area contributed by atoms with Crippen molar-refractivity contribution < 1.29 is 10.0 Å². The molecule has 0 amide bonds. The minimum atomic E-state index is -0.518. The number of allylic oxidation sites excluding steroid dienone is 3. The van der Waals surface area contributed by atoms with Gasteiger partial charge in [-0.3, -0.25) is 0 Å². The van der Waals surface area contributed by atoms with Crippen molar-refractivity contribution in [1.82, 2.24) is 9.55 Å².